The van der Waals surface area contributed by atoms with E-state index in [1.807, 2.05) is 53.1 Å². The molecule has 2 aromatic carbocycles. The van der Waals surface area contributed by atoms with Crippen molar-refractivity contribution in [1.29, 1.82) is 0 Å². The van der Waals surface area contributed by atoms with Gasteiger partial charge in [0.2, 0.25) is 12.7 Å². The summed E-state index contributed by atoms with van der Waals surface area (Å²) in [5.74, 6) is 2.07. The summed E-state index contributed by atoms with van der Waals surface area (Å²) in [6.45, 7) is 0.184. The highest BCUT2D eigenvalue weighted by Gasteiger charge is 2.33. The first-order valence-electron chi connectivity index (χ1n) is 10.4. The molecule has 0 aliphatic carbocycles. The maximum Gasteiger partial charge on any atom is 0.233 e. The Bertz CT molecular complexity index is 1290. The summed E-state index contributed by atoms with van der Waals surface area (Å²) in [6.07, 6.45) is 0.476. The molecule has 11 heteroatoms. The molecular formula is C22H22N4O5S2. The Morgan fingerprint density at radius 1 is 1.15 bits per heavy atom. The Kier molecular flexibility index (Phi) is 5.75. The minimum Gasteiger partial charge on any atom is -0.454 e. The number of hydrogen-bond donors (Lipinski definition) is 0. The minimum atomic E-state index is -3.06. The molecule has 172 valence electrons. The smallest absolute Gasteiger partial charge is 0.233 e. The van der Waals surface area contributed by atoms with Crippen molar-refractivity contribution >= 4 is 27.5 Å². The minimum absolute atomic E-state index is 0.0222. The number of para-hydroxylation sites is 1. The summed E-state index contributed by atoms with van der Waals surface area (Å²) >= 11 is 1.27. The van der Waals surface area contributed by atoms with Crippen LogP contribution in [-0.4, -0.2) is 71.1 Å². The molecule has 0 N–H and O–H groups in total. The van der Waals surface area contributed by atoms with Crippen molar-refractivity contribution in [1.82, 2.24) is 19.7 Å². The number of nitrogens with zero attached hydrogens (tertiary/aromatic N) is 4. The SMILES string of the molecule is CN(C(=O)CSc1nnc(-c2ccc3c(c2)OCO3)n1-c1ccccc1)[C@H]1CCS(=O)(=O)C1. The number of amides is 1. The molecule has 1 saturated heterocycles. The molecule has 0 spiro atoms. The summed E-state index contributed by atoms with van der Waals surface area (Å²) in [5, 5.41) is 9.32. The molecule has 2 aliphatic rings. The molecule has 33 heavy (non-hydrogen) atoms. The maximum atomic E-state index is 12.8. The van der Waals surface area contributed by atoms with E-state index in [1.54, 1.807) is 11.9 Å². The van der Waals surface area contributed by atoms with Crippen LogP contribution in [0.3, 0.4) is 0 Å². The van der Waals surface area contributed by atoms with Gasteiger partial charge in [0, 0.05) is 24.3 Å². The van der Waals surface area contributed by atoms with Gasteiger partial charge in [-0.1, -0.05) is 30.0 Å². The standard InChI is InChI=1S/C22H22N4O5S2/c1-25(17-9-10-33(28,29)13-17)20(27)12-32-22-24-23-21(26(22)16-5-3-2-4-6-16)15-7-8-18-19(11-15)31-14-30-18/h2-8,11,17H,9-10,12-14H2,1H3/t17-/m0/s1. The Morgan fingerprint density at radius 2 is 1.94 bits per heavy atom. The van der Waals surface area contributed by atoms with Gasteiger partial charge in [0.25, 0.3) is 0 Å². The van der Waals surface area contributed by atoms with Crippen LogP contribution in [0, 0.1) is 0 Å². The van der Waals surface area contributed by atoms with Crippen molar-refractivity contribution in [3.05, 3.63) is 48.5 Å². The number of ether oxygens (including phenoxy) is 2. The number of fused-ring (bicyclic) bond motifs is 1. The van der Waals surface area contributed by atoms with Gasteiger partial charge in [-0.15, -0.1) is 10.2 Å². The number of carbonyl (C=O) groups is 1. The van der Waals surface area contributed by atoms with E-state index in [2.05, 4.69) is 10.2 Å². The summed E-state index contributed by atoms with van der Waals surface area (Å²) < 4.78 is 36.4. The van der Waals surface area contributed by atoms with Crippen molar-refractivity contribution < 1.29 is 22.7 Å². The van der Waals surface area contributed by atoms with E-state index >= 15 is 0 Å². The van der Waals surface area contributed by atoms with Crippen molar-refractivity contribution in [3.8, 4) is 28.6 Å². The highest BCUT2D eigenvalue weighted by molar-refractivity contribution is 7.99. The fourth-order valence-electron chi connectivity index (χ4n) is 3.91. The molecule has 0 saturated carbocycles. The van der Waals surface area contributed by atoms with Crippen LogP contribution >= 0.6 is 11.8 Å². The second-order valence-corrected chi connectivity index (χ2v) is 11.1. The molecule has 5 rings (SSSR count). The molecule has 1 amide bonds. The predicted octanol–water partition coefficient (Wildman–Crippen LogP) is 2.40. The molecule has 1 aromatic heterocycles. The first kappa shape index (κ1) is 21.8. The highest BCUT2D eigenvalue weighted by atomic mass is 32.2. The van der Waals surface area contributed by atoms with Crippen LogP contribution < -0.4 is 9.47 Å². The lowest BCUT2D eigenvalue weighted by Crippen LogP contribution is -2.38. The second kappa shape index (κ2) is 8.71. The van der Waals surface area contributed by atoms with Crippen LogP contribution in [0.15, 0.2) is 53.7 Å². The van der Waals surface area contributed by atoms with Gasteiger partial charge in [0.05, 0.1) is 17.3 Å². The van der Waals surface area contributed by atoms with Gasteiger partial charge < -0.3 is 14.4 Å². The molecule has 2 aliphatic heterocycles. The lowest BCUT2D eigenvalue weighted by Gasteiger charge is -2.23. The van der Waals surface area contributed by atoms with E-state index in [0.717, 1.165) is 11.3 Å². The van der Waals surface area contributed by atoms with Gasteiger partial charge in [0.1, 0.15) is 0 Å². The Hall–Kier alpha value is -3.05. The van der Waals surface area contributed by atoms with Gasteiger partial charge >= 0.3 is 0 Å². The van der Waals surface area contributed by atoms with E-state index < -0.39 is 9.84 Å². The lowest BCUT2D eigenvalue weighted by molar-refractivity contribution is -0.128. The van der Waals surface area contributed by atoms with Gasteiger partial charge in [-0.3, -0.25) is 9.36 Å². The van der Waals surface area contributed by atoms with Crippen molar-refractivity contribution in [2.45, 2.75) is 17.6 Å². The Morgan fingerprint density at radius 3 is 2.70 bits per heavy atom. The molecule has 9 nitrogen and oxygen atoms in total. The lowest BCUT2D eigenvalue weighted by atomic mass is 10.2. The predicted molar refractivity (Wildman–Crippen MR) is 123 cm³/mol. The van der Waals surface area contributed by atoms with E-state index in [-0.39, 0.29) is 36.0 Å². The van der Waals surface area contributed by atoms with E-state index in [0.29, 0.717) is 28.9 Å². The molecule has 3 aromatic rings. The summed E-state index contributed by atoms with van der Waals surface area (Å²) in [6, 6.07) is 15.0. The number of carbonyl (C=O) groups excluding carboxylic acids is 1. The number of aromatic nitrogens is 3. The third-order valence-electron chi connectivity index (χ3n) is 5.75. The fraction of sp³-hybridized carbons (Fsp3) is 0.318. The number of benzene rings is 2. The fourth-order valence-corrected chi connectivity index (χ4v) is 6.56. The van der Waals surface area contributed by atoms with Crippen LogP contribution in [-0.2, 0) is 14.6 Å². The van der Waals surface area contributed by atoms with Gasteiger partial charge in [-0.05, 0) is 36.8 Å². The first-order chi connectivity index (χ1) is 15.9. The Labute approximate surface area is 195 Å². The van der Waals surface area contributed by atoms with Crippen molar-refractivity contribution in [2.24, 2.45) is 0 Å². The zero-order chi connectivity index (χ0) is 23.0. The van der Waals surface area contributed by atoms with Gasteiger partial charge in [-0.25, -0.2) is 8.42 Å². The van der Waals surface area contributed by atoms with Crippen LogP contribution in [0.4, 0.5) is 0 Å². The highest BCUT2D eigenvalue weighted by Crippen LogP contribution is 2.37. The number of thioether (sulfide) groups is 1. The Balaban J connectivity index is 1.40. The van der Waals surface area contributed by atoms with E-state index in [4.69, 9.17) is 9.47 Å². The monoisotopic (exact) mass is 486 g/mol. The van der Waals surface area contributed by atoms with Crippen molar-refractivity contribution in [3.63, 3.8) is 0 Å². The topological polar surface area (TPSA) is 104 Å². The summed E-state index contributed by atoms with van der Waals surface area (Å²) in [4.78, 5) is 14.3. The second-order valence-electron chi connectivity index (χ2n) is 7.90. The quantitative estimate of drug-likeness (QED) is 0.490. The number of sulfone groups is 1. The zero-order valence-corrected chi connectivity index (χ0v) is 19.5. The number of rotatable bonds is 6. The first-order valence-corrected chi connectivity index (χ1v) is 13.2. The number of hydrogen-bond acceptors (Lipinski definition) is 8. The van der Waals surface area contributed by atoms with Crippen LogP contribution in [0.2, 0.25) is 0 Å². The normalized spacial score (nSPS) is 18.4. The molecule has 0 unspecified atom stereocenters. The van der Waals surface area contributed by atoms with E-state index in [9.17, 15) is 13.2 Å². The van der Waals surface area contributed by atoms with Crippen LogP contribution in [0.5, 0.6) is 11.5 Å². The van der Waals surface area contributed by atoms with Crippen LogP contribution in [0.25, 0.3) is 17.1 Å². The summed E-state index contributed by atoms with van der Waals surface area (Å²) in [5.41, 5.74) is 1.67. The van der Waals surface area contributed by atoms with Crippen LogP contribution in [0.1, 0.15) is 6.42 Å². The van der Waals surface area contributed by atoms with Gasteiger partial charge in [-0.2, -0.15) is 0 Å². The molecule has 1 atom stereocenters. The molecule has 0 bridgehead atoms. The largest absolute Gasteiger partial charge is 0.454 e. The molecule has 0 radical (unpaired) electrons. The van der Waals surface area contributed by atoms with Crippen molar-refractivity contribution in [2.75, 3.05) is 31.1 Å². The van der Waals surface area contributed by atoms with E-state index in [1.165, 1.54) is 11.8 Å². The maximum absolute atomic E-state index is 12.8. The molecular weight excluding hydrogens is 464 g/mol. The third-order valence-corrected chi connectivity index (χ3v) is 8.42. The average Bonchev–Trinajstić information content (AvgIpc) is 3.54. The molecule has 3 heterocycles. The molecule has 1 fully saturated rings. The summed E-state index contributed by atoms with van der Waals surface area (Å²) in [7, 11) is -1.40. The zero-order valence-electron chi connectivity index (χ0n) is 17.9. The third kappa shape index (κ3) is 4.42. The average molecular weight is 487 g/mol. The van der Waals surface area contributed by atoms with Gasteiger partial charge in [0.15, 0.2) is 32.3 Å².